The highest BCUT2D eigenvalue weighted by molar-refractivity contribution is 6.99. The van der Waals surface area contributed by atoms with Gasteiger partial charge in [0, 0.05) is 28.3 Å². The predicted octanol–water partition coefficient (Wildman–Crippen LogP) is 8.80. The minimum absolute atomic E-state index is 0.0974. The van der Waals surface area contributed by atoms with E-state index >= 15 is 0 Å². The Morgan fingerprint density at radius 3 is 1.96 bits per heavy atom. The van der Waals surface area contributed by atoms with E-state index in [1.165, 1.54) is 96.0 Å². The number of pyridine rings is 1. The third kappa shape index (κ3) is 3.50. The van der Waals surface area contributed by atoms with E-state index in [0.29, 0.717) is 0 Å². The molecule has 1 aromatic heterocycles. The van der Waals surface area contributed by atoms with E-state index in [1.54, 1.807) is 0 Å². The average molecular weight is 643 g/mol. The van der Waals surface area contributed by atoms with Gasteiger partial charge < -0.3 is 4.74 Å². The summed E-state index contributed by atoms with van der Waals surface area (Å²) < 4.78 is 7.29. The summed E-state index contributed by atoms with van der Waals surface area (Å²) in [4.78, 5) is 8.41. The van der Waals surface area contributed by atoms with Crippen molar-refractivity contribution in [3.05, 3.63) is 89.6 Å². The fourth-order valence-electron chi connectivity index (χ4n) is 13.9. The number of ether oxygens (including phenoxy) is 1. The predicted molar refractivity (Wildman–Crippen MR) is 199 cm³/mol. The van der Waals surface area contributed by atoms with Crippen LogP contribution in [0, 0.1) is 41.4 Å². The second-order valence-electron chi connectivity index (χ2n) is 19.2. The number of hydrogen-bond acceptors (Lipinski definition) is 3. The van der Waals surface area contributed by atoms with Crippen molar-refractivity contribution in [2.75, 3.05) is 4.90 Å². The lowest BCUT2D eigenvalue weighted by Gasteiger charge is -2.72. The van der Waals surface area contributed by atoms with E-state index in [0.717, 1.165) is 58.7 Å². The van der Waals surface area contributed by atoms with Crippen molar-refractivity contribution >= 4 is 40.3 Å². The molecule has 246 valence electrons. The lowest BCUT2D eigenvalue weighted by molar-refractivity contribution is -0.213. The molecule has 3 heterocycles. The number of anilines is 3. The molecule has 49 heavy (non-hydrogen) atoms. The molecular weight excluding hydrogens is 595 g/mol. The zero-order valence-corrected chi connectivity index (χ0v) is 29.5. The minimum Gasteiger partial charge on any atom is -0.458 e. The Bertz CT molecular complexity index is 2040. The normalized spacial score (nSPS) is 35.4. The number of aromatic nitrogens is 1. The smallest absolute Gasteiger partial charge is 0.258 e. The summed E-state index contributed by atoms with van der Waals surface area (Å²) >= 11 is 0. The van der Waals surface area contributed by atoms with Crippen molar-refractivity contribution in [2.24, 2.45) is 41.4 Å². The Balaban J connectivity index is 1.10. The SMILES string of the molecule is CC1(C)CCC(C)(C)c2cc3c(cc21)Oc1cc(C24CC5C6CC7CC5C(C2)C(C7)C6C4)nc2c1B3c1ccccc1N2c1ccccc1. The molecule has 0 unspecified atom stereocenters. The maximum atomic E-state index is 7.29. The Hall–Kier alpha value is -3.53. The monoisotopic (exact) mass is 642 g/mol. The molecule has 0 saturated heterocycles. The number of fused-ring (bicyclic) bond motifs is 5. The standard InChI is InChI=1S/C45H47BN2O/c1-43(2)14-15-44(3,4)34-20-38-36(19-33(34)43)46-35-12-8-9-13-37(35)48(26-10-6-5-7-11-26)42-41(46)39(49-38)21-40(47-42)45-22-30-27-16-25-17-28(30)32(24-45)29(18-25)31(27)23-45/h5-13,19-21,25,27-32H,14-18,22-24H2,1-4H3. The third-order valence-electron chi connectivity index (χ3n) is 16.1. The van der Waals surface area contributed by atoms with E-state index in [9.17, 15) is 0 Å². The fraction of sp³-hybridized carbons (Fsp3) is 0.489. The first-order valence-corrected chi connectivity index (χ1v) is 19.6. The van der Waals surface area contributed by atoms with Gasteiger partial charge in [0.1, 0.15) is 17.3 Å². The zero-order chi connectivity index (χ0) is 32.6. The van der Waals surface area contributed by atoms with Crippen LogP contribution in [0.5, 0.6) is 11.5 Å². The number of rotatable bonds is 2. The van der Waals surface area contributed by atoms with E-state index in [-0.39, 0.29) is 23.0 Å². The molecule has 2 aliphatic heterocycles. The van der Waals surface area contributed by atoms with Crippen LogP contribution in [0.1, 0.15) is 95.9 Å². The summed E-state index contributed by atoms with van der Waals surface area (Å²) in [5.74, 6) is 9.96. The lowest BCUT2D eigenvalue weighted by atomic mass is 9.32. The largest absolute Gasteiger partial charge is 0.458 e. The first kappa shape index (κ1) is 28.2. The highest BCUT2D eigenvalue weighted by atomic mass is 16.5. The first-order chi connectivity index (χ1) is 23.7. The highest BCUT2D eigenvalue weighted by Crippen LogP contribution is 2.74. The third-order valence-corrected chi connectivity index (χ3v) is 16.1. The number of para-hydroxylation sites is 2. The number of nitrogens with zero attached hydrogens (tertiary/aromatic N) is 2. The Labute approximate surface area is 292 Å². The van der Waals surface area contributed by atoms with Crippen molar-refractivity contribution in [3.63, 3.8) is 0 Å². The Morgan fingerprint density at radius 1 is 0.673 bits per heavy atom. The van der Waals surface area contributed by atoms with Gasteiger partial charge in [0.05, 0.1) is 5.69 Å². The Morgan fingerprint density at radius 2 is 1.29 bits per heavy atom. The van der Waals surface area contributed by atoms with E-state index in [4.69, 9.17) is 9.72 Å². The van der Waals surface area contributed by atoms with Gasteiger partial charge >= 0.3 is 0 Å². The maximum absolute atomic E-state index is 7.29. The summed E-state index contributed by atoms with van der Waals surface area (Å²) in [5.41, 5.74) is 11.1. The topological polar surface area (TPSA) is 25.4 Å². The molecule has 7 saturated carbocycles. The molecule has 0 spiro atoms. The van der Waals surface area contributed by atoms with Crippen LogP contribution in [-0.4, -0.2) is 11.7 Å². The van der Waals surface area contributed by atoms with Gasteiger partial charge in [-0.3, -0.25) is 4.90 Å². The molecule has 3 aromatic carbocycles. The van der Waals surface area contributed by atoms with Crippen LogP contribution in [0.2, 0.25) is 0 Å². The minimum atomic E-state index is 0.0974. The summed E-state index contributed by atoms with van der Waals surface area (Å²) in [7, 11) is 0. The molecule has 7 fully saturated rings. The summed E-state index contributed by atoms with van der Waals surface area (Å²) in [6, 6.07) is 27.6. The van der Waals surface area contributed by atoms with E-state index < -0.39 is 0 Å². The van der Waals surface area contributed by atoms with Crippen LogP contribution in [-0.2, 0) is 16.2 Å². The van der Waals surface area contributed by atoms with Crippen molar-refractivity contribution in [1.29, 1.82) is 0 Å². The highest BCUT2D eigenvalue weighted by Gasteiger charge is 2.68. The average Bonchev–Trinajstić information content (AvgIpc) is 3.11. The van der Waals surface area contributed by atoms with E-state index in [1.807, 2.05) is 0 Å². The fourth-order valence-corrected chi connectivity index (χ4v) is 13.9. The number of hydrogen-bond donors (Lipinski definition) is 0. The summed E-state index contributed by atoms with van der Waals surface area (Å²) in [5, 5.41) is 0. The molecule has 0 N–H and O–H groups in total. The summed E-state index contributed by atoms with van der Waals surface area (Å²) in [6.45, 7) is 9.86. The van der Waals surface area contributed by atoms with Crippen molar-refractivity contribution < 1.29 is 4.74 Å². The molecule has 8 aliphatic carbocycles. The summed E-state index contributed by atoms with van der Waals surface area (Å²) in [6.07, 6.45) is 11.0. The molecule has 10 aliphatic rings. The molecule has 8 bridgehead atoms. The van der Waals surface area contributed by atoms with Gasteiger partial charge in [0.25, 0.3) is 6.71 Å². The second-order valence-corrected chi connectivity index (χ2v) is 19.2. The molecule has 0 amide bonds. The van der Waals surface area contributed by atoms with Gasteiger partial charge in [-0.1, -0.05) is 70.2 Å². The van der Waals surface area contributed by atoms with Gasteiger partial charge in [-0.15, -0.1) is 0 Å². The molecule has 3 nitrogen and oxygen atoms in total. The van der Waals surface area contributed by atoms with E-state index in [2.05, 4.69) is 105 Å². The van der Waals surface area contributed by atoms with Crippen LogP contribution < -0.4 is 26.0 Å². The molecule has 14 rings (SSSR count). The molecular formula is C45H47BN2O. The quantitative estimate of drug-likeness (QED) is 0.177. The molecule has 4 heteroatoms. The zero-order valence-electron chi connectivity index (χ0n) is 29.5. The maximum Gasteiger partial charge on any atom is 0.258 e. The van der Waals surface area contributed by atoms with Crippen LogP contribution in [0.25, 0.3) is 0 Å². The van der Waals surface area contributed by atoms with Gasteiger partial charge in [0.2, 0.25) is 0 Å². The van der Waals surface area contributed by atoms with Gasteiger partial charge in [-0.05, 0) is 150 Å². The van der Waals surface area contributed by atoms with Crippen molar-refractivity contribution in [1.82, 2.24) is 4.98 Å². The van der Waals surface area contributed by atoms with Gasteiger partial charge in [0.15, 0.2) is 0 Å². The van der Waals surface area contributed by atoms with Gasteiger partial charge in [-0.2, -0.15) is 0 Å². The first-order valence-electron chi connectivity index (χ1n) is 19.6. The van der Waals surface area contributed by atoms with Crippen molar-refractivity contribution in [2.45, 2.75) is 95.3 Å². The van der Waals surface area contributed by atoms with Crippen LogP contribution in [0.15, 0.2) is 72.8 Å². The lowest BCUT2D eigenvalue weighted by Crippen LogP contribution is -2.66. The van der Waals surface area contributed by atoms with Gasteiger partial charge in [-0.25, -0.2) is 4.98 Å². The molecule has 0 atom stereocenters. The Kier molecular flexibility index (Phi) is 5.20. The molecule has 4 aromatic rings. The van der Waals surface area contributed by atoms with Crippen LogP contribution >= 0.6 is 0 Å². The second kappa shape index (κ2) is 9.03. The van der Waals surface area contributed by atoms with Crippen LogP contribution in [0.3, 0.4) is 0 Å². The van der Waals surface area contributed by atoms with Crippen molar-refractivity contribution in [3.8, 4) is 11.5 Å². The molecule has 0 radical (unpaired) electrons. The van der Waals surface area contributed by atoms with Crippen LogP contribution in [0.4, 0.5) is 17.2 Å². The number of benzene rings is 3.